The Morgan fingerprint density at radius 2 is 1.78 bits per heavy atom. The van der Waals surface area contributed by atoms with Crippen LogP contribution in [0.5, 0.6) is 0 Å². The van der Waals surface area contributed by atoms with Crippen LogP contribution in [-0.2, 0) is 38.1 Å². The van der Waals surface area contributed by atoms with E-state index in [1.54, 1.807) is 6.07 Å². The van der Waals surface area contributed by atoms with Gasteiger partial charge in [-0.05, 0) is 36.8 Å². The number of carboxylic acid groups (broad SMARTS) is 1. The minimum absolute atomic E-state index is 0.137. The molecule has 1 aromatic rings. The molecule has 10 nitrogen and oxygen atoms in total. The molecule has 0 saturated heterocycles. The topological polar surface area (TPSA) is 150 Å². The highest BCUT2D eigenvalue weighted by Crippen LogP contribution is 2.48. The molecule has 0 amide bonds. The highest BCUT2D eigenvalue weighted by molar-refractivity contribution is 7.86. The molecule has 1 N–H and O–H groups in total. The molecule has 12 heteroatoms. The van der Waals surface area contributed by atoms with Gasteiger partial charge in [-0.1, -0.05) is 24.3 Å². The summed E-state index contributed by atoms with van der Waals surface area (Å²) in [6.07, 6.45) is 1.50. The largest absolute Gasteiger partial charge is 0.478 e. The van der Waals surface area contributed by atoms with E-state index in [9.17, 15) is 31.5 Å². The molecule has 0 radical (unpaired) electrons. The summed E-state index contributed by atoms with van der Waals surface area (Å²) >= 11 is 0. The lowest BCUT2D eigenvalue weighted by Crippen LogP contribution is -2.54. The van der Waals surface area contributed by atoms with E-state index in [4.69, 9.17) is 13.1 Å². The number of carbonyl (C=O) groups is 2. The molecule has 0 unspecified atom stereocenters. The van der Waals surface area contributed by atoms with Crippen molar-refractivity contribution in [2.24, 2.45) is 5.92 Å². The van der Waals surface area contributed by atoms with E-state index >= 15 is 0 Å². The molecule has 32 heavy (non-hydrogen) atoms. The lowest BCUT2D eigenvalue weighted by atomic mass is 9.66. The highest BCUT2D eigenvalue weighted by Gasteiger charge is 2.55. The summed E-state index contributed by atoms with van der Waals surface area (Å²) in [5, 5.41) is 9.66. The number of carboxylic acids is 1. The summed E-state index contributed by atoms with van der Waals surface area (Å²) in [4.78, 5) is 24.6. The lowest BCUT2D eigenvalue weighted by Gasteiger charge is -2.45. The molecule has 0 heterocycles. The van der Waals surface area contributed by atoms with Crippen LogP contribution in [-0.4, -0.2) is 65.2 Å². The number of hydrogen-bond donors (Lipinski definition) is 1. The molecule has 178 valence electrons. The maximum Gasteiger partial charge on any atom is 0.339 e. The zero-order chi connectivity index (χ0) is 24.3. The SMILES string of the molecule is C=CC[C@H]1C[C@@](OS(C)(=O)=O)(C(=O)OC)C[C@H](c2ccccc2C(=O)O)[C@@H]1OS(C)(=O)=O. The molecule has 0 aliphatic heterocycles. The standard InChI is InChI=1S/C20H26O10S2/c1-5-8-13-11-20(19(23)28-2,30-32(4,26)27)12-16(17(13)29-31(3,24)25)14-9-6-7-10-15(14)18(21)22/h5-7,9-10,13,16-17H,1,8,11-12H2,2-4H3,(H,21,22)/t13-,16+,17+,20-/m0/s1. The number of esters is 1. The first-order valence-electron chi connectivity index (χ1n) is 9.53. The Morgan fingerprint density at radius 3 is 2.28 bits per heavy atom. The summed E-state index contributed by atoms with van der Waals surface area (Å²) < 4.78 is 63.6. The third-order valence-corrected chi connectivity index (χ3v) is 6.41. The van der Waals surface area contributed by atoms with Gasteiger partial charge in [-0.2, -0.15) is 16.8 Å². The van der Waals surface area contributed by atoms with E-state index in [1.807, 2.05) is 0 Å². The third kappa shape index (κ3) is 6.15. The number of aromatic carboxylic acids is 1. The molecule has 0 spiro atoms. The molecule has 1 aliphatic carbocycles. The fourth-order valence-electron chi connectivity index (χ4n) is 4.25. The summed E-state index contributed by atoms with van der Waals surface area (Å²) in [6.45, 7) is 3.64. The summed E-state index contributed by atoms with van der Waals surface area (Å²) in [6, 6.07) is 5.83. The lowest BCUT2D eigenvalue weighted by molar-refractivity contribution is -0.167. The van der Waals surface area contributed by atoms with Crippen molar-refractivity contribution in [1.82, 2.24) is 0 Å². The second-order valence-corrected chi connectivity index (χ2v) is 10.9. The van der Waals surface area contributed by atoms with Crippen LogP contribution in [0, 0.1) is 5.92 Å². The molecule has 2 rings (SSSR count). The molecule has 4 atom stereocenters. The van der Waals surface area contributed by atoms with Crippen molar-refractivity contribution in [1.29, 1.82) is 0 Å². The monoisotopic (exact) mass is 490 g/mol. The Hall–Kier alpha value is -2.28. The van der Waals surface area contributed by atoms with Crippen molar-refractivity contribution in [2.75, 3.05) is 19.6 Å². The van der Waals surface area contributed by atoms with Gasteiger partial charge < -0.3 is 9.84 Å². The van der Waals surface area contributed by atoms with Gasteiger partial charge in [-0.3, -0.25) is 8.37 Å². The van der Waals surface area contributed by atoms with Crippen LogP contribution in [0.2, 0.25) is 0 Å². The number of hydrogen-bond acceptors (Lipinski definition) is 9. The Labute approximate surface area is 187 Å². The highest BCUT2D eigenvalue weighted by atomic mass is 32.2. The zero-order valence-corrected chi connectivity index (χ0v) is 19.5. The average Bonchev–Trinajstić information content (AvgIpc) is 2.67. The van der Waals surface area contributed by atoms with E-state index in [0.29, 0.717) is 0 Å². The molecule has 1 saturated carbocycles. The molecule has 0 aromatic heterocycles. The van der Waals surface area contributed by atoms with Gasteiger partial charge in [0.25, 0.3) is 20.2 Å². The molecule has 0 bridgehead atoms. The van der Waals surface area contributed by atoms with Crippen molar-refractivity contribution in [2.45, 2.75) is 36.9 Å². The maximum absolute atomic E-state index is 12.8. The van der Waals surface area contributed by atoms with E-state index in [2.05, 4.69) is 6.58 Å². The van der Waals surface area contributed by atoms with Gasteiger partial charge in [-0.15, -0.1) is 6.58 Å². The molecule has 1 aliphatic rings. The predicted molar refractivity (Wildman–Crippen MR) is 114 cm³/mol. The Morgan fingerprint density at radius 1 is 1.16 bits per heavy atom. The molecule has 1 aromatic carbocycles. The minimum Gasteiger partial charge on any atom is -0.478 e. The maximum atomic E-state index is 12.8. The van der Waals surface area contributed by atoms with Gasteiger partial charge in [-0.25, -0.2) is 9.59 Å². The summed E-state index contributed by atoms with van der Waals surface area (Å²) in [7, 11) is -7.10. The van der Waals surface area contributed by atoms with Crippen LogP contribution in [0.3, 0.4) is 0 Å². The van der Waals surface area contributed by atoms with E-state index in [-0.39, 0.29) is 30.4 Å². The van der Waals surface area contributed by atoms with Gasteiger partial charge in [0.2, 0.25) is 0 Å². The summed E-state index contributed by atoms with van der Waals surface area (Å²) in [5.74, 6) is -4.05. The van der Waals surface area contributed by atoms with Gasteiger partial charge in [0.15, 0.2) is 5.60 Å². The zero-order valence-electron chi connectivity index (χ0n) is 17.9. The number of ether oxygens (including phenoxy) is 1. The van der Waals surface area contributed by atoms with Gasteiger partial charge in [0.05, 0.1) is 31.3 Å². The van der Waals surface area contributed by atoms with Crippen molar-refractivity contribution < 1.29 is 44.6 Å². The van der Waals surface area contributed by atoms with E-state index < -0.39 is 55.7 Å². The number of carbonyl (C=O) groups excluding carboxylic acids is 1. The van der Waals surface area contributed by atoms with E-state index in [0.717, 1.165) is 19.6 Å². The number of rotatable bonds is 9. The normalized spacial score (nSPS) is 26.3. The van der Waals surface area contributed by atoms with Crippen molar-refractivity contribution in [3.63, 3.8) is 0 Å². The van der Waals surface area contributed by atoms with Gasteiger partial charge in [0, 0.05) is 5.92 Å². The fourth-order valence-corrected chi connectivity index (χ4v) is 5.73. The van der Waals surface area contributed by atoms with Crippen molar-refractivity contribution in [3.05, 3.63) is 48.0 Å². The Bertz CT molecular complexity index is 1090. The van der Waals surface area contributed by atoms with Crippen LogP contribution >= 0.6 is 0 Å². The number of methoxy groups -OCH3 is 1. The van der Waals surface area contributed by atoms with Crippen LogP contribution in [0.4, 0.5) is 0 Å². The van der Waals surface area contributed by atoms with Crippen LogP contribution < -0.4 is 0 Å². The smallest absolute Gasteiger partial charge is 0.339 e. The first kappa shape index (κ1) is 26.0. The number of allylic oxidation sites excluding steroid dienone is 1. The summed E-state index contributed by atoms with van der Waals surface area (Å²) in [5.41, 5.74) is -1.98. The minimum atomic E-state index is -4.16. The van der Waals surface area contributed by atoms with Crippen LogP contribution in [0.15, 0.2) is 36.9 Å². The second-order valence-electron chi connectivity index (χ2n) is 7.73. The quantitative estimate of drug-likeness (QED) is 0.308. The van der Waals surface area contributed by atoms with Crippen molar-refractivity contribution >= 4 is 32.2 Å². The van der Waals surface area contributed by atoms with Crippen molar-refractivity contribution in [3.8, 4) is 0 Å². The number of benzene rings is 1. The van der Waals surface area contributed by atoms with Crippen LogP contribution in [0.1, 0.15) is 41.1 Å². The Balaban J connectivity index is 2.78. The Kier molecular flexibility index (Phi) is 7.87. The molecular formula is C20H26O10S2. The first-order chi connectivity index (χ1) is 14.7. The third-order valence-electron chi connectivity index (χ3n) is 5.22. The van der Waals surface area contributed by atoms with Crippen LogP contribution in [0.25, 0.3) is 0 Å². The molecular weight excluding hydrogens is 464 g/mol. The fraction of sp³-hybridized carbons (Fsp3) is 0.500. The average molecular weight is 491 g/mol. The van der Waals surface area contributed by atoms with Gasteiger partial charge >= 0.3 is 11.9 Å². The van der Waals surface area contributed by atoms with E-state index in [1.165, 1.54) is 24.3 Å². The first-order valence-corrected chi connectivity index (χ1v) is 13.2. The predicted octanol–water partition coefficient (Wildman–Crippen LogP) is 1.69. The second kappa shape index (κ2) is 9.69. The molecule has 1 fully saturated rings. The van der Waals surface area contributed by atoms with Gasteiger partial charge in [0.1, 0.15) is 0 Å².